The van der Waals surface area contributed by atoms with Gasteiger partial charge in [-0.15, -0.1) is 0 Å². The monoisotopic (exact) mass is 260 g/mol. The molecule has 17 heavy (non-hydrogen) atoms. The van der Waals surface area contributed by atoms with E-state index >= 15 is 0 Å². The summed E-state index contributed by atoms with van der Waals surface area (Å²) in [6.45, 7) is 0. The van der Waals surface area contributed by atoms with E-state index in [4.69, 9.17) is 20.4 Å². The maximum atomic E-state index is 11.8. The lowest BCUT2D eigenvalue weighted by Crippen LogP contribution is -2.41. The average molecular weight is 260 g/mol. The van der Waals surface area contributed by atoms with Gasteiger partial charge in [0.25, 0.3) is 0 Å². The second-order valence-electron chi connectivity index (χ2n) is 4.12. The van der Waals surface area contributed by atoms with Gasteiger partial charge in [0.05, 0.1) is 0 Å². The van der Waals surface area contributed by atoms with Crippen LogP contribution in [0.1, 0.15) is 44.9 Å². The molecular weight excluding hydrogens is 241 g/mol. The van der Waals surface area contributed by atoms with E-state index in [1.165, 1.54) is 0 Å². The van der Waals surface area contributed by atoms with Crippen LogP contribution in [0.15, 0.2) is 0 Å². The van der Waals surface area contributed by atoms with Crippen LogP contribution < -0.4 is 0 Å². The van der Waals surface area contributed by atoms with Crippen LogP contribution in [0, 0.1) is 0 Å². The van der Waals surface area contributed by atoms with Crippen LogP contribution in [-0.2, 0) is 0 Å². The van der Waals surface area contributed by atoms with Crippen LogP contribution in [0.5, 0.6) is 0 Å². The Labute approximate surface area is 97.7 Å². The van der Waals surface area contributed by atoms with Crippen LogP contribution >= 0.6 is 0 Å². The average Bonchev–Trinajstić information content (AvgIpc) is 2.12. The van der Waals surface area contributed by atoms with Crippen molar-refractivity contribution in [2.24, 2.45) is 0 Å². The molecule has 0 aromatic rings. The maximum Gasteiger partial charge on any atom is 0.389 e. The van der Waals surface area contributed by atoms with E-state index in [-0.39, 0.29) is 12.8 Å². The van der Waals surface area contributed by atoms with Gasteiger partial charge in [0.2, 0.25) is 0 Å². The predicted octanol–water partition coefficient (Wildman–Crippen LogP) is 1.27. The molecule has 104 valence electrons. The first-order valence-electron chi connectivity index (χ1n) is 5.55. The Morgan fingerprint density at radius 1 is 0.824 bits per heavy atom. The number of aliphatic hydroxyl groups excluding tert-OH is 1. The third-order valence-electron chi connectivity index (χ3n) is 2.38. The SMILES string of the molecule is OC(CCCCCCCC(F)(F)F)C(O)(O)O. The van der Waals surface area contributed by atoms with Crippen molar-refractivity contribution in [2.45, 2.75) is 63.2 Å². The number of rotatable bonds is 8. The van der Waals surface area contributed by atoms with Crippen molar-refractivity contribution < 1.29 is 33.6 Å². The fourth-order valence-electron chi connectivity index (χ4n) is 1.39. The lowest BCUT2D eigenvalue weighted by Gasteiger charge is -2.20. The molecule has 0 amide bonds. The van der Waals surface area contributed by atoms with E-state index in [0.717, 1.165) is 0 Å². The van der Waals surface area contributed by atoms with E-state index in [2.05, 4.69) is 0 Å². The lowest BCUT2D eigenvalue weighted by molar-refractivity contribution is -0.355. The Balaban J connectivity index is 3.36. The zero-order valence-corrected chi connectivity index (χ0v) is 9.45. The van der Waals surface area contributed by atoms with Gasteiger partial charge in [-0.25, -0.2) is 0 Å². The summed E-state index contributed by atoms with van der Waals surface area (Å²) < 4.78 is 35.3. The highest BCUT2D eigenvalue weighted by atomic mass is 19.4. The Morgan fingerprint density at radius 3 is 1.76 bits per heavy atom. The number of halogens is 3. The zero-order valence-electron chi connectivity index (χ0n) is 9.45. The molecule has 7 heteroatoms. The number of alkyl halides is 3. The van der Waals surface area contributed by atoms with E-state index in [1.807, 2.05) is 0 Å². The molecule has 0 aliphatic heterocycles. The van der Waals surface area contributed by atoms with Gasteiger partial charge in [-0.2, -0.15) is 13.2 Å². The first-order chi connectivity index (χ1) is 7.63. The van der Waals surface area contributed by atoms with Crippen molar-refractivity contribution in [3.8, 4) is 0 Å². The van der Waals surface area contributed by atoms with E-state index in [9.17, 15) is 13.2 Å². The van der Waals surface area contributed by atoms with Crippen molar-refractivity contribution in [3.05, 3.63) is 0 Å². The fraction of sp³-hybridized carbons (Fsp3) is 1.00. The minimum atomic E-state index is -4.11. The smallest absolute Gasteiger partial charge is 0.385 e. The van der Waals surface area contributed by atoms with Gasteiger partial charge >= 0.3 is 12.1 Å². The number of aliphatic hydroxyl groups is 4. The molecule has 4 nitrogen and oxygen atoms in total. The normalized spacial score (nSPS) is 15.0. The molecule has 0 aliphatic carbocycles. The van der Waals surface area contributed by atoms with E-state index in [1.54, 1.807) is 0 Å². The van der Waals surface area contributed by atoms with Crippen molar-refractivity contribution >= 4 is 0 Å². The highest BCUT2D eigenvalue weighted by Crippen LogP contribution is 2.23. The predicted molar refractivity (Wildman–Crippen MR) is 53.8 cm³/mol. The highest BCUT2D eigenvalue weighted by Gasteiger charge is 2.29. The standard InChI is InChI=1S/C10H19F3O4/c11-9(12,13)7-5-3-1-2-4-6-8(14)10(15,16)17/h8,14-17H,1-7H2. The van der Waals surface area contributed by atoms with Crippen LogP contribution in [0.4, 0.5) is 13.2 Å². The Hall–Kier alpha value is -0.370. The molecule has 1 unspecified atom stereocenters. The number of hydrogen-bond donors (Lipinski definition) is 4. The van der Waals surface area contributed by atoms with E-state index in [0.29, 0.717) is 25.7 Å². The van der Waals surface area contributed by atoms with Gasteiger partial charge < -0.3 is 20.4 Å². The molecule has 0 spiro atoms. The minimum absolute atomic E-state index is 0.0111. The lowest BCUT2D eigenvalue weighted by atomic mass is 10.1. The quantitative estimate of drug-likeness (QED) is 0.391. The Bertz CT molecular complexity index is 201. The molecule has 4 N–H and O–H groups in total. The van der Waals surface area contributed by atoms with Gasteiger partial charge in [0.1, 0.15) is 6.10 Å². The summed E-state index contributed by atoms with van der Waals surface area (Å²) in [6, 6.07) is 0. The number of hydrogen-bond acceptors (Lipinski definition) is 4. The first kappa shape index (κ1) is 16.6. The summed E-state index contributed by atoms with van der Waals surface area (Å²) in [4.78, 5) is 0. The van der Waals surface area contributed by atoms with Gasteiger partial charge in [-0.3, -0.25) is 0 Å². The molecule has 0 saturated carbocycles. The third kappa shape index (κ3) is 10.5. The van der Waals surface area contributed by atoms with Gasteiger partial charge in [-0.1, -0.05) is 25.7 Å². The van der Waals surface area contributed by atoms with Crippen molar-refractivity contribution in [1.82, 2.24) is 0 Å². The van der Waals surface area contributed by atoms with Crippen LogP contribution in [0.2, 0.25) is 0 Å². The second kappa shape index (κ2) is 7.15. The van der Waals surface area contributed by atoms with E-state index < -0.39 is 24.7 Å². The molecule has 1 atom stereocenters. The Morgan fingerprint density at radius 2 is 1.29 bits per heavy atom. The molecule has 0 aromatic heterocycles. The topological polar surface area (TPSA) is 80.9 Å². The first-order valence-corrected chi connectivity index (χ1v) is 5.55. The minimum Gasteiger partial charge on any atom is -0.385 e. The number of unbranched alkanes of at least 4 members (excludes halogenated alkanes) is 4. The molecular formula is C10H19F3O4. The molecule has 0 aromatic carbocycles. The molecule has 0 saturated heterocycles. The summed E-state index contributed by atoms with van der Waals surface area (Å²) in [5.41, 5.74) is 0. The molecule has 0 aliphatic rings. The zero-order chi connectivity index (χ0) is 13.5. The molecule has 0 fully saturated rings. The van der Waals surface area contributed by atoms with Crippen molar-refractivity contribution in [3.63, 3.8) is 0 Å². The van der Waals surface area contributed by atoms with Crippen LogP contribution in [-0.4, -0.2) is 38.7 Å². The summed E-state index contributed by atoms with van der Waals surface area (Å²) in [5.74, 6) is -3.10. The summed E-state index contributed by atoms with van der Waals surface area (Å²) >= 11 is 0. The largest absolute Gasteiger partial charge is 0.389 e. The third-order valence-corrected chi connectivity index (χ3v) is 2.38. The summed E-state index contributed by atoms with van der Waals surface area (Å²) in [6.07, 6.45) is -4.47. The second-order valence-corrected chi connectivity index (χ2v) is 4.12. The van der Waals surface area contributed by atoms with Crippen molar-refractivity contribution in [1.29, 1.82) is 0 Å². The summed E-state index contributed by atoms with van der Waals surface area (Å²) in [7, 11) is 0. The van der Waals surface area contributed by atoms with Gasteiger partial charge in [0.15, 0.2) is 0 Å². The molecule has 0 radical (unpaired) electrons. The summed E-state index contributed by atoms with van der Waals surface area (Å²) in [5, 5.41) is 34.7. The molecule has 0 rings (SSSR count). The Kier molecular flexibility index (Phi) is 6.99. The molecule has 0 heterocycles. The molecule has 0 bridgehead atoms. The van der Waals surface area contributed by atoms with Gasteiger partial charge in [0, 0.05) is 6.42 Å². The highest BCUT2D eigenvalue weighted by molar-refractivity contribution is 4.63. The maximum absolute atomic E-state index is 11.8. The van der Waals surface area contributed by atoms with Crippen LogP contribution in [0.3, 0.4) is 0 Å². The van der Waals surface area contributed by atoms with Gasteiger partial charge in [-0.05, 0) is 12.8 Å². The van der Waals surface area contributed by atoms with Crippen LogP contribution in [0.25, 0.3) is 0 Å². The fourth-order valence-corrected chi connectivity index (χ4v) is 1.39. The van der Waals surface area contributed by atoms with Crippen molar-refractivity contribution in [2.75, 3.05) is 0 Å².